The molecule has 0 fully saturated rings. The van der Waals surface area contributed by atoms with Crippen LogP contribution in [-0.2, 0) is 12.2 Å². The maximum absolute atomic E-state index is 13.2. The van der Waals surface area contributed by atoms with Gasteiger partial charge in [0.15, 0.2) is 5.82 Å². The van der Waals surface area contributed by atoms with Gasteiger partial charge >= 0.3 is 0 Å². The number of hydrogen-bond donors (Lipinski definition) is 1. The zero-order chi connectivity index (χ0) is 24.6. The van der Waals surface area contributed by atoms with Crippen molar-refractivity contribution in [1.82, 2.24) is 19.5 Å². The topological polar surface area (TPSA) is 90.1 Å². The number of ether oxygens (including phenoxy) is 1. The molecule has 0 amide bonds. The van der Waals surface area contributed by atoms with Crippen molar-refractivity contribution in [3.63, 3.8) is 0 Å². The Hall–Kier alpha value is -3.07. The summed E-state index contributed by atoms with van der Waals surface area (Å²) in [6.07, 6.45) is 3.26. The molecule has 1 N–H and O–H groups in total. The van der Waals surface area contributed by atoms with Gasteiger partial charge in [-0.25, -0.2) is 9.97 Å². The summed E-state index contributed by atoms with van der Waals surface area (Å²) >= 11 is 8.07. The van der Waals surface area contributed by atoms with Crippen molar-refractivity contribution in [2.24, 2.45) is 0 Å². The third-order valence-corrected chi connectivity index (χ3v) is 6.50. The molecule has 0 aliphatic carbocycles. The lowest BCUT2D eigenvalue weighted by Gasteiger charge is -2.17. The van der Waals surface area contributed by atoms with Crippen LogP contribution in [0.2, 0.25) is 5.02 Å². The lowest BCUT2D eigenvalue weighted by atomic mass is 10.1. The number of hydrogen-bond acceptors (Lipinski definition) is 7. The first-order valence-corrected chi connectivity index (χ1v) is 11.9. The second-order valence-corrected chi connectivity index (χ2v) is 10.1. The molecule has 0 atom stereocenters. The first-order valence-electron chi connectivity index (χ1n) is 10.7. The molecule has 176 valence electrons. The molecule has 0 spiro atoms. The third-order valence-electron chi connectivity index (χ3n) is 5.24. The van der Waals surface area contributed by atoms with E-state index in [2.05, 4.69) is 15.0 Å². The van der Waals surface area contributed by atoms with Crippen LogP contribution in [-0.4, -0.2) is 24.6 Å². The normalized spacial score (nSPS) is 11.6. The molecule has 4 aromatic heterocycles. The first kappa shape index (κ1) is 24.1. The predicted molar refractivity (Wildman–Crippen MR) is 134 cm³/mol. The van der Waals surface area contributed by atoms with Gasteiger partial charge in [0.1, 0.15) is 23.0 Å². The highest BCUT2D eigenvalue weighted by Gasteiger charge is 2.22. The Balaban J connectivity index is 1.72. The molecule has 0 aromatic carbocycles. The van der Waals surface area contributed by atoms with E-state index in [0.29, 0.717) is 40.9 Å². The van der Waals surface area contributed by atoms with Crippen molar-refractivity contribution >= 4 is 22.9 Å². The van der Waals surface area contributed by atoms with Gasteiger partial charge in [-0.1, -0.05) is 11.6 Å². The van der Waals surface area contributed by atoms with E-state index in [1.54, 1.807) is 55.8 Å². The summed E-state index contributed by atoms with van der Waals surface area (Å²) in [6.45, 7) is 9.31. The molecule has 0 saturated heterocycles. The minimum absolute atomic E-state index is 0.0125. The Labute approximate surface area is 206 Å². The van der Waals surface area contributed by atoms with Gasteiger partial charge < -0.3 is 9.84 Å². The van der Waals surface area contributed by atoms with E-state index in [-0.39, 0.29) is 10.6 Å². The van der Waals surface area contributed by atoms with Crippen molar-refractivity contribution < 1.29 is 9.84 Å². The van der Waals surface area contributed by atoms with Crippen molar-refractivity contribution in [2.45, 2.75) is 46.8 Å². The SMILES string of the molecule is Cc1cc(COc2cc(C)n(-c3ccnc(-c4nc(C(C)(C)O)ncc4C)c3)c(=O)c2Cl)cs1. The summed E-state index contributed by atoms with van der Waals surface area (Å²) in [5.74, 6) is 0.638. The molecule has 4 rings (SSSR count). The number of halogens is 1. The summed E-state index contributed by atoms with van der Waals surface area (Å²) < 4.78 is 7.37. The maximum Gasteiger partial charge on any atom is 0.277 e. The number of aromatic nitrogens is 4. The highest BCUT2D eigenvalue weighted by atomic mass is 35.5. The summed E-state index contributed by atoms with van der Waals surface area (Å²) in [5.41, 5.74) is 2.65. The molecule has 34 heavy (non-hydrogen) atoms. The van der Waals surface area contributed by atoms with E-state index in [4.69, 9.17) is 16.3 Å². The number of aliphatic hydroxyl groups is 1. The zero-order valence-electron chi connectivity index (χ0n) is 19.6. The van der Waals surface area contributed by atoms with Crippen LogP contribution < -0.4 is 10.3 Å². The lowest BCUT2D eigenvalue weighted by Crippen LogP contribution is -2.22. The smallest absolute Gasteiger partial charge is 0.277 e. The third kappa shape index (κ3) is 4.89. The fourth-order valence-corrected chi connectivity index (χ4v) is 4.41. The highest BCUT2D eigenvalue weighted by Crippen LogP contribution is 2.27. The zero-order valence-corrected chi connectivity index (χ0v) is 21.2. The average Bonchev–Trinajstić information content (AvgIpc) is 3.20. The van der Waals surface area contributed by atoms with E-state index in [0.717, 1.165) is 11.1 Å². The van der Waals surface area contributed by atoms with Crippen LogP contribution in [0.25, 0.3) is 17.1 Å². The number of thiophene rings is 1. The second-order valence-electron chi connectivity index (χ2n) is 8.64. The molecule has 9 heteroatoms. The molecule has 0 bridgehead atoms. The van der Waals surface area contributed by atoms with Crippen molar-refractivity contribution in [3.8, 4) is 22.8 Å². The Kier molecular flexibility index (Phi) is 6.58. The van der Waals surface area contributed by atoms with Crippen molar-refractivity contribution in [3.05, 3.63) is 84.9 Å². The van der Waals surface area contributed by atoms with Crippen LogP contribution in [0, 0.1) is 20.8 Å². The molecule has 0 unspecified atom stereocenters. The summed E-state index contributed by atoms with van der Waals surface area (Å²) in [7, 11) is 0. The second kappa shape index (κ2) is 9.29. The maximum atomic E-state index is 13.2. The Morgan fingerprint density at radius 1 is 1.18 bits per heavy atom. The standard InChI is InChI=1S/C25H25ClN4O3S/c1-14-11-28-24(25(4,5)32)29-22(14)19-10-18(6-7-27-19)30-15(2)8-20(21(26)23(30)31)33-12-17-9-16(3)34-13-17/h6-11,13,32H,12H2,1-5H3. The van der Waals surface area contributed by atoms with E-state index >= 15 is 0 Å². The summed E-state index contributed by atoms with van der Waals surface area (Å²) in [6, 6.07) is 7.30. The quantitative estimate of drug-likeness (QED) is 0.397. The number of nitrogens with zero attached hydrogens (tertiary/aromatic N) is 4. The fourth-order valence-electron chi connectivity index (χ4n) is 3.53. The highest BCUT2D eigenvalue weighted by molar-refractivity contribution is 7.10. The number of aryl methyl sites for hydroxylation is 3. The minimum atomic E-state index is -1.20. The van der Waals surface area contributed by atoms with Gasteiger partial charge in [-0.3, -0.25) is 14.3 Å². The summed E-state index contributed by atoms with van der Waals surface area (Å²) in [4.78, 5) is 27.6. The van der Waals surface area contributed by atoms with Crippen molar-refractivity contribution in [2.75, 3.05) is 0 Å². The minimum Gasteiger partial charge on any atom is -0.487 e. The Morgan fingerprint density at radius 2 is 1.94 bits per heavy atom. The molecule has 0 aliphatic rings. The van der Waals surface area contributed by atoms with Crippen LogP contribution in [0.5, 0.6) is 5.75 Å². The Bertz CT molecular complexity index is 1420. The van der Waals surface area contributed by atoms with Gasteiger partial charge in [0, 0.05) is 34.6 Å². The van der Waals surface area contributed by atoms with Crippen molar-refractivity contribution in [1.29, 1.82) is 0 Å². The van der Waals surface area contributed by atoms with Gasteiger partial charge in [-0.05, 0) is 63.8 Å². The number of rotatable bonds is 6. The summed E-state index contributed by atoms with van der Waals surface area (Å²) in [5, 5.41) is 12.3. The predicted octanol–water partition coefficient (Wildman–Crippen LogP) is 5.14. The number of pyridine rings is 2. The van der Waals surface area contributed by atoms with Gasteiger partial charge in [0.05, 0.1) is 17.1 Å². The molecule has 7 nitrogen and oxygen atoms in total. The molecule has 4 aromatic rings. The van der Waals surface area contributed by atoms with Crippen LogP contribution in [0.1, 0.15) is 41.4 Å². The molecule has 4 heterocycles. The molecular formula is C25H25ClN4O3S. The van der Waals surface area contributed by atoms with Crippen LogP contribution in [0.4, 0.5) is 0 Å². The van der Waals surface area contributed by atoms with Gasteiger partial charge in [-0.2, -0.15) is 0 Å². The Morgan fingerprint density at radius 3 is 2.62 bits per heavy atom. The molecule has 0 aliphatic heterocycles. The van der Waals surface area contributed by atoms with E-state index in [1.165, 1.54) is 9.44 Å². The fraction of sp³-hybridized carbons (Fsp3) is 0.280. The van der Waals surface area contributed by atoms with Gasteiger partial charge in [0.2, 0.25) is 0 Å². The van der Waals surface area contributed by atoms with Gasteiger partial charge in [-0.15, -0.1) is 11.3 Å². The first-order chi connectivity index (χ1) is 16.0. The molecule has 0 radical (unpaired) electrons. The van der Waals surface area contributed by atoms with Gasteiger partial charge in [0.25, 0.3) is 5.56 Å². The monoisotopic (exact) mass is 496 g/mol. The average molecular weight is 497 g/mol. The van der Waals surface area contributed by atoms with Crippen LogP contribution in [0.3, 0.4) is 0 Å². The molecule has 0 saturated carbocycles. The molecular weight excluding hydrogens is 472 g/mol. The lowest BCUT2D eigenvalue weighted by molar-refractivity contribution is 0.0688. The van der Waals surface area contributed by atoms with Crippen LogP contribution in [0.15, 0.2) is 46.8 Å². The van der Waals surface area contributed by atoms with E-state index in [9.17, 15) is 9.90 Å². The largest absolute Gasteiger partial charge is 0.487 e. The van der Waals surface area contributed by atoms with Crippen LogP contribution >= 0.6 is 22.9 Å². The van der Waals surface area contributed by atoms with E-state index < -0.39 is 5.60 Å². The van der Waals surface area contributed by atoms with E-state index in [1.807, 2.05) is 32.2 Å².